The number of methoxy groups -OCH3 is 1. The third kappa shape index (κ3) is 4.86. The molecule has 0 fully saturated rings. The zero-order valence-electron chi connectivity index (χ0n) is 13.1. The summed E-state index contributed by atoms with van der Waals surface area (Å²) in [4.78, 5) is 0. The summed E-state index contributed by atoms with van der Waals surface area (Å²) in [5, 5.41) is 11.6. The van der Waals surface area contributed by atoms with E-state index < -0.39 is 0 Å². The Kier molecular flexibility index (Phi) is 4.96. The molecule has 0 aliphatic rings. The van der Waals surface area contributed by atoms with Crippen LogP contribution in [-0.2, 0) is 6.42 Å². The summed E-state index contributed by atoms with van der Waals surface area (Å²) >= 11 is 0. The van der Waals surface area contributed by atoms with Gasteiger partial charge in [-0.15, -0.1) is 10.2 Å². The molecule has 2 rings (SSSR count). The zero-order chi connectivity index (χ0) is 15.3. The number of hydrogen-bond donors (Lipinski definition) is 1. The minimum absolute atomic E-state index is 0.142. The zero-order valence-corrected chi connectivity index (χ0v) is 13.1. The highest BCUT2D eigenvalue weighted by Crippen LogP contribution is 2.21. The van der Waals surface area contributed by atoms with Crippen LogP contribution in [0.2, 0.25) is 0 Å². The molecule has 0 amide bonds. The van der Waals surface area contributed by atoms with Crippen LogP contribution >= 0.6 is 0 Å². The molecule has 0 saturated heterocycles. The predicted molar refractivity (Wildman–Crippen MR) is 82.4 cm³/mol. The third-order valence-electron chi connectivity index (χ3n) is 3.03. The summed E-state index contributed by atoms with van der Waals surface area (Å²) in [6.07, 6.45) is 1.76. The van der Waals surface area contributed by atoms with Crippen molar-refractivity contribution in [2.24, 2.45) is 0 Å². The largest absolute Gasteiger partial charge is 0.497 e. The number of hydrogen-bond acceptors (Lipinski definition) is 5. The number of nitrogens with zero attached hydrogens (tertiary/aromatic N) is 2. The second-order valence-corrected chi connectivity index (χ2v) is 6.01. The molecule has 0 aliphatic heterocycles. The van der Waals surface area contributed by atoms with Gasteiger partial charge in [0.1, 0.15) is 5.75 Å². The van der Waals surface area contributed by atoms with Gasteiger partial charge in [-0.25, -0.2) is 0 Å². The lowest BCUT2D eigenvalue weighted by molar-refractivity contribution is 0.412. The van der Waals surface area contributed by atoms with Gasteiger partial charge in [-0.05, 0) is 58.0 Å². The van der Waals surface area contributed by atoms with Gasteiger partial charge in [0.05, 0.1) is 7.11 Å². The predicted octanol–water partition coefficient (Wildman–Crippen LogP) is 3.07. The SMILES string of the molecule is COc1ccc(-c2nnc(CCCNC(C)(C)C)o2)cc1. The number of benzene rings is 1. The molecule has 0 spiro atoms. The number of rotatable bonds is 6. The molecule has 0 bridgehead atoms. The highest BCUT2D eigenvalue weighted by atomic mass is 16.5. The number of nitrogens with one attached hydrogen (secondary N) is 1. The second-order valence-electron chi connectivity index (χ2n) is 6.01. The van der Waals surface area contributed by atoms with Crippen LogP contribution in [0.4, 0.5) is 0 Å². The first kappa shape index (κ1) is 15.5. The Bertz CT molecular complexity index is 556. The Hall–Kier alpha value is -1.88. The van der Waals surface area contributed by atoms with Crippen molar-refractivity contribution < 1.29 is 9.15 Å². The molecule has 21 heavy (non-hydrogen) atoms. The Balaban J connectivity index is 1.88. The minimum Gasteiger partial charge on any atom is -0.497 e. The molecule has 0 aliphatic carbocycles. The Morgan fingerprint density at radius 1 is 1.14 bits per heavy atom. The molecule has 5 nitrogen and oxygen atoms in total. The summed E-state index contributed by atoms with van der Waals surface area (Å²) in [5.74, 6) is 2.04. The maximum Gasteiger partial charge on any atom is 0.247 e. The van der Waals surface area contributed by atoms with Gasteiger partial charge in [0.15, 0.2) is 0 Å². The van der Waals surface area contributed by atoms with E-state index in [0.717, 1.165) is 30.7 Å². The van der Waals surface area contributed by atoms with Crippen molar-refractivity contribution in [2.45, 2.75) is 39.2 Å². The Labute approximate surface area is 125 Å². The van der Waals surface area contributed by atoms with E-state index in [1.807, 2.05) is 24.3 Å². The van der Waals surface area contributed by atoms with Crippen LogP contribution in [0.15, 0.2) is 28.7 Å². The van der Waals surface area contributed by atoms with Crippen molar-refractivity contribution in [3.63, 3.8) is 0 Å². The Morgan fingerprint density at radius 2 is 1.86 bits per heavy atom. The minimum atomic E-state index is 0.142. The molecular weight excluding hydrogens is 266 g/mol. The molecule has 1 aromatic carbocycles. The third-order valence-corrected chi connectivity index (χ3v) is 3.03. The fourth-order valence-electron chi connectivity index (χ4n) is 1.91. The van der Waals surface area contributed by atoms with E-state index in [1.165, 1.54) is 0 Å². The van der Waals surface area contributed by atoms with Crippen LogP contribution in [0.25, 0.3) is 11.5 Å². The molecule has 0 saturated carbocycles. The number of aryl methyl sites for hydroxylation is 1. The van der Waals surface area contributed by atoms with E-state index in [4.69, 9.17) is 9.15 Å². The number of ether oxygens (including phenoxy) is 1. The van der Waals surface area contributed by atoms with Crippen LogP contribution < -0.4 is 10.1 Å². The first-order chi connectivity index (χ1) is 9.98. The lowest BCUT2D eigenvalue weighted by Crippen LogP contribution is -2.36. The van der Waals surface area contributed by atoms with E-state index in [9.17, 15) is 0 Å². The highest BCUT2D eigenvalue weighted by molar-refractivity contribution is 5.53. The Morgan fingerprint density at radius 3 is 2.48 bits per heavy atom. The van der Waals surface area contributed by atoms with E-state index in [-0.39, 0.29) is 5.54 Å². The van der Waals surface area contributed by atoms with Gasteiger partial charge in [0, 0.05) is 17.5 Å². The standard InChI is InChI=1S/C16H23N3O2/c1-16(2,3)17-11-5-6-14-18-19-15(21-14)12-7-9-13(20-4)10-8-12/h7-10,17H,5-6,11H2,1-4H3. The fourth-order valence-corrected chi connectivity index (χ4v) is 1.91. The highest BCUT2D eigenvalue weighted by Gasteiger charge is 2.10. The quantitative estimate of drug-likeness (QED) is 0.828. The maximum atomic E-state index is 5.68. The summed E-state index contributed by atoms with van der Waals surface area (Å²) in [6.45, 7) is 7.40. The van der Waals surface area contributed by atoms with Crippen molar-refractivity contribution in [2.75, 3.05) is 13.7 Å². The molecule has 114 valence electrons. The van der Waals surface area contributed by atoms with Crippen LogP contribution in [0.5, 0.6) is 5.75 Å². The van der Waals surface area contributed by atoms with Gasteiger partial charge in [0.25, 0.3) is 0 Å². The van der Waals surface area contributed by atoms with Gasteiger partial charge >= 0.3 is 0 Å². The molecule has 0 radical (unpaired) electrons. The molecule has 1 N–H and O–H groups in total. The van der Waals surface area contributed by atoms with E-state index in [1.54, 1.807) is 7.11 Å². The second kappa shape index (κ2) is 6.72. The van der Waals surface area contributed by atoms with Crippen LogP contribution in [0, 0.1) is 0 Å². The molecule has 0 unspecified atom stereocenters. The van der Waals surface area contributed by atoms with Crippen molar-refractivity contribution in [3.05, 3.63) is 30.2 Å². The first-order valence-electron chi connectivity index (χ1n) is 7.20. The maximum absolute atomic E-state index is 5.68. The lowest BCUT2D eigenvalue weighted by atomic mass is 10.1. The summed E-state index contributed by atoms with van der Waals surface area (Å²) in [6, 6.07) is 7.59. The molecule has 2 aromatic rings. The molecule has 1 heterocycles. The van der Waals surface area contributed by atoms with Crippen LogP contribution in [-0.4, -0.2) is 29.4 Å². The summed E-state index contributed by atoms with van der Waals surface area (Å²) in [5.41, 5.74) is 1.05. The number of aromatic nitrogens is 2. The van der Waals surface area contributed by atoms with E-state index in [0.29, 0.717) is 11.8 Å². The van der Waals surface area contributed by atoms with Crippen molar-refractivity contribution in [1.82, 2.24) is 15.5 Å². The van der Waals surface area contributed by atoms with Crippen molar-refractivity contribution >= 4 is 0 Å². The van der Waals surface area contributed by atoms with Crippen molar-refractivity contribution in [3.8, 4) is 17.2 Å². The van der Waals surface area contributed by atoms with Gasteiger partial charge in [-0.3, -0.25) is 0 Å². The van der Waals surface area contributed by atoms with E-state index >= 15 is 0 Å². The van der Waals surface area contributed by atoms with Gasteiger partial charge in [-0.2, -0.15) is 0 Å². The fraction of sp³-hybridized carbons (Fsp3) is 0.500. The monoisotopic (exact) mass is 289 g/mol. The smallest absolute Gasteiger partial charge is 0.247 e. The summed E-state index contributed by atoms with van der Waals surface area (Å²) < 4.78 is 10.8. The van der Waals surface area contributed by atoms with Crippen LogP contribution in [0.1, 0.15) is 33.1 Å². The van der Waals surface area contributed by atoms with E-state index in [2.05, 4.69) is 36.3 Å². The average Bonchev–Trinajstić information content (AvgIpc) is 2.91. The topological polar surface area (TPSA) is 60.2 Å². The van der Waals surface area contributed by atoms with Crippen molar-refractivity contribution in [1.29, 1.82) is 0 Å². The molecule has 1 aromatic heterocycles. The van der Waals surface area contributed by atoms with Gasteiger partial charge in [-0.1, -0.05) is 0 Å². The van der Waals surface area contributed by atoms with Gasteiger partial charge < -0.3 is 14.5 Å². The molecule has 0 atom stereocenters. The molecule has 5 heteroatoms. The lowest BCUT2D eigenvalue weighted by Gasteiger charge is -2.19. The first-order valence-corrected chi connectivity index (χ1v) is 7.20. The van der Waals surface area contributed by atoms with Gasteiger partial charge in [0.2, 0.25) is 11.8 Å². The summed E-state index contributed by atoms with van der Waals surface area (Å²) in [7, 11) is 1.64. The normalized spacial score (nSPS) is 11.6. The molecular formula is C16H23N3O2. The average molecular weight is 289 g/mol. The van der Waals surface area contributed by atoms with Crippen LogP contribution in [0.3, 0.4) is 0 Å².